The maximum absolute atomic E-state index is 11.7. The molecule has 0 unspecified atom stereocenters. The zero-order valence-corrected chi connectivity index (χ0v) is 9.57. The maximum Gasteiger partial charge on any atom is 0.228 e. The van der Waals surface area contributed by atoms with Crippen molar-refractivity contribution in [1.82, 2.24) is 4.98 Å². The van der Waals surface area contributed by atoms with E-state index in [0.717, 1.165) is 24.8 Å². The van der Waals surface area contributed by atoms with Crippen LogP contribution in [0.3, 0.4) is 0 Å². The number of carbonyl (C=O) groups excluding carboxylic acids is 1. The van der Waals surface area contributed by atoms with Gasteiger partial charge in [0, 0.05) is 17.7 Å². The number of nitrogens with one attached hydrogen (secondary N) is 1. The molecule has 2 rings (SSSR count). The van der Waals surface area contributed by atoms with Gasteiger partial charge in [0.25, 0.3) is 0 Å². The van der Waals surface area contributed by atoms with Crippen LogP contribution in [0.2, 0.25) is 0 Å². The number of hydrogen-bond donors (Lipinski definition) is 2. The predicted octanol–water partition coefficient (Wildman–Crippen LogP) is 1.13. The number of anilines is 1. The lowest BCUT2D eigenvalue weighted by atomic mass is 9.85. The summed E-state index contributed by atoms with van der Waals surface area (Å²) in [7, 11) is 0. The zero-order valence-electron chi connectivity index (χ0n) is 9.57. The van der Waals surface area contributed by atoms with Gasteiger partial charge in [0.1, 0.15) is 5.82 Å². The summed E-state index contributed by atoms with van der Waals surface area (Å²) in [6.07, 6.45) is 4.75. The molecule has 1 aliphatic carbocycles. The highest BCUT2D eigenvalue weighted by atomic mass is 16.2. The molecule has 1 aromatic rings. The summed E-state index contributed by atoms with van der Waals surface area (Å²) in [5.74, 6) is 6.46. The van der Waals surface area contributed by atoms with E-state index in [-0.39, 0.29) is 11.8 Å². The molecule has 1 aliphatic rings. The summed E-state index contributed by atoms with van der Waals surface area (Å²) in [5, 5.41) is 2.81. The fraction of sp³-hybridized carbons (Fsp3) is 0.385. The number of amides is 1. The number of rotatable bonds is 2. The van der Waals surface area contributed by atoms with Gasteiger partial charge in [0.2, 0.25) is 5.91 Å². The minimum atomic E-state index is 0.0627. The second-order valence-corrected chi connectivity index (χ2v) is 4.05. The van der Waals surface area contributed by atoms with Gasteiger partial charge in [-0.05, 0) is 25.0 Å². The summed E-state index contributed by atoms with van der Waals surface area (Å²) in [5.41, 5.74) is 6.12. The molecular weight excluding hydrogens is 214 g/mol. The van der Waals surface area contributed by atoms with Gasteiger partial charge in [0.05, 0.1) is 6.54 Å². The molecule has 17 heavy (non-hydrogen) atoms. The van der Waals surface area contributed by atoms with Crippen molar-refractivity contribution in [1.29, 1.82) is 0 Å². The van der Waals surface area contributed by atoms with Crippen LogP contribution in [0.1, 0.15) is 24.8 Å². The summed E-state index contributed by atoms with van der Waals surface area (Å²) < 4.78 is 0. The Morgan fingerprint density at radius 1 is 1.59 bits per heavy atom. The van der Waals surface area contributed by atoms with E-state index in [1.54, 1.807) is 18.3 Å². The number of pyridine rings is 1. The molecule has 4 heteroatoms. The highest BCUT2D eigenvalue weighted by Crippen LogP contribution is 2.27. The molecule has 0 radical (unpaired) electrons. The zero-order chi connectivity index (χ0) is 12.1. The highest BCUT2D eigenvalue weighted by Gasteiger charge is 2.25. The van der Waals surface area contributed by atoms with E-state index in [2.05, 4.69) is 22.1 Å². The summed E-state index contributed by atoms with van der Waals surface area (Å²) in [6, 6.07) is 3.56. The minimum Gasteiger partial charge on any atom is -0.320 e. The number of nitrogens with zero attached hydrogens (tertiary/aromatic N) is 1. The summed E-state index contributed by atoms with van der Waals surface area (Å²) >= 11 is 0. The summed E-state index contributed by atoms with van der Waals surface area (Å²) in [6.45, 7) is 0.325. The van der Waals surface area contributed by atoms with E-state index in [1.807, 2.05) is 0 Å². The number of carbonyl (C=O) groups is 1. The van der Waals surface area contributed by atoms with Crippen molar-refractivity contribution in [2.45, 2.75) is 19.3 Å². The molecular formula is C13H15N3O. The van der Waals surface area contributed by atoms with Crippen LogP contribution in [0.15, 0.2) is 18.3 Å². The summed E-state index contributed by atoms with van der Waals surface area (Å²) in [4.78, 5) is 15.8. The molecule has 0 spiro atoms. The van der Waals surface area contributed by atoms with Gasteiger partial charge in [-0.1, -0.05) is 18.3 Å². The molecule has 3 N–H and O–H groups in total. The van der Waals surface area contributed by atoms with Crippen LogP contribution in [0.5, 0.6) is 0 Å². The van der Waals surface area contributed by atoms with E-state index in [0.29, 0.717) is 12.4 Å². The SMILES string of the molecule is NCC#Cc1ccnc(NC(=O)C2CCC2)c1. The molecule has 1 saturated carbocycles. The Balaban J connectivity index is 2.02. The van der Waals surface area contributed by atoms with Crippen molar-refractivity contribution < 1.29 is 4.79 Å². The van der Waals surface area contributed by atoms with E-state index in [4.69, 9.17) is 5.73 Å². The molecule has 0 atom stereocenters. The molecule has 0 bridgehead atoms. The quantitative estimate of drug-likeness (QED) is 0.747. The second-order valence-electron chi connectivity index (χ2n) is 4.05. The van der Waals surface area contributed by atoms with Crippen LogP contribution >= 0.6 is 0 Å². The van der Waals surface area contributed by atoms with Crippen LogP contribution in [-0.2, 0) is 4.79 Å². The number of nitrogens with two attached hydrogens (primary N) is 1. The van der Waals surface area contributed by atoms with Crippen molar-refractivity contribution in [3.63, 3.8) is 0 Å². The van der Waals surface area contributed by atoms with E-state index >= 15 is 0 Å². The standard InChI is InChI=1S/C13H15N3O/c14-7-2-3-10-6-8-15-12(9-10)16-13(17)11-4-1-5-11/h6,8-9,11H,1,4-5,7,14H2,(H,15,16,17). The van der Waals surface area contributed by atoms with Crippen LogP contribution < -0.4 is 11.1 Å². The van der Waals surface area contributed by atoms with Gasteiger partial charge in [-0.3, -0.25) is 4.79 Å². The van der Waals surface area contributed by atoms with Crippen LogP contribution in [0.4, 0.5) is 5.82 Å². The largest absolute Gasteiger partial charge is 0.320 e. The number of aromatic nitrogens is 1. The third-order valence-corrected chi connectivity index (χ3v) is 2.82. The van der Waals surface area contributed by atoms with Crippen molar-refractivity contribution in [2.75, 3.05) is 11.9 Å². The lowest BCUT2D eigenvalue weighted by Gasteiger charge is -2.23. The Bertz CT molecular complexity index is 469. The van der Waals surface area contributed by atoms with Gasteiger partial charge in [-0.25, -0.2) is 4.98 Å². The van der Waals surface area contributed by atoms with E-state index in [9.17, 15) is 4.79 Å². The lowest BCUT2D eigenvalue weighted by Crippen LogP contribution is -2.28. The van der Waals surface area contributed by atoms with Gasteiger partial charge in [0.15, 0.2) is 0 Å². The Hall–Kier alpha value is -1.86. The predicted molar refractivity (Wildman–Crippen MR) is 66.1 cm³/mol. The van der Waals surface area contributed by atoms with Gasteiger partial charge >= 0.3 is 0 Å². The smallest absolute Gasteiger partial charge is 0.228 e. The topological polar surface area (TPSA) is 68.0 Å². The molecule has 1 amide bonds. The first kappa shape index (κ1) is 11.6. The number of hydrogen-bond acceptors (Lipinski definition) is 3. The molecule has 0 saturated heterocycles. The third kappa shape index (κ3) is 3.05. The first-order chi connectivity index (χ1) is 8.29. The Labute approximate surface area is 101 Å². The molecule has 1 fully saturated rings. The van der Waals surface area contributed by atoms with Crippen LogP contribution in [0, 0.1) is 17.8 Å². The van der Waals surface area contributed by atoms with Gasteiger partial charge in [-0.15, -0.1) is 0 Å². The van der Waals surface area contributed by atoms with Gasteiger partial charge in [-0.2, -0.15) is 0 Å². The maximum atomic E-state index is 11.7. The molecule has 4 nitrogen and oxygen atoms in total. The average molecular weight is 229 g/mol. The van der Waals surface area contributed by atoms with Crippen molar-refractivity contribution in [2.24, 2.45) is 11.7 Å². The second kappa shape index (κ2) is 5.46. The molecule has 88 valence electrons. The van der Waals surface area contributed by atoms with E-state index < -0.39 is 0 Å². The fourth-order valence-corrected chi connectivity index (χ4v) is 1.63. The highest BCUT2D eigenvalue weighted by molar-refractivity contribution is 5.92. The van der Waals surface area contributed by atoms with Gasteiger partial charge < -0.3 is 11.1 Å². The average Bonchev–Trinajstić information content (AvgIpc) is 2.24. The van der Waals surface area contributed by atoms with Crippen molar-refractivity contribution in [3.8, 4) is 11.8 Å². The van der Waals surface area contributed by atoms with Crippen LogP contribution in [-0.4, -0.2) is 17.4 Å². The first-order valence-electron chi connectivity index (χ1n) is 5.75. The fourth-order valence-electron chi connectivity index (χ4n) is 1.63. The third-order valence-electron chi connectivity index (χ3n) is 2.82. The first-order valence-corrected chi connectivity index (χ1v) is 5.75. The Morgan fingerprint density at radius 3 is 3.06 bits per heavy atom. The van der Waals surface area contributed by atoms with Crippen LogP contribution in [0.25, 0.3) is 0 Å². The Morgan fingerprint density at radius 2 is 2.41 bits per heavy atom. The molecule has 0 aliphatic heterocycles. The molecule has 1 heterocycles. The lowest BCUT2D eigenvalue weighted by molar-refractivity contribution is -0.122. The van der Waals surface area contributed by atoms with Crippen molar-refractivity contribution >= 4 is 11.7 Å². The molecule has 1 aromatic heterocycles. The van der Waals surface area contributed by atoms with E-state index in [1.165, 1.54) is 0 Å². The monoisotopic (exact) mass is 229 g/mol. The Kier molecular flexibility index (Phi) is 3.73. The minimum absolute atomic E-state index is 0.0627. The van der Waals surface area contributed by atoms with Crippen molar-refractivity contribution in [3.05, 3.63) is 23.9 Å². The molecule has 0 aromatic carbocycles. The normalized spacial score (nSPS) is 14.4.